The molecular weight excluding hydrogens is 382 g/mol. The molecule has 152 valence electrons. The first-order valence-corrected chi connectivity index (χ1v) is 9.82. The van der Waals surface area contributed by atoms with Crippen LogP contribution in [0.5, 0.6) is 0 Å². The average Bonchev–Trinajstić information content (AvgIpc) is 3.21. The van der Waals surface area contributed by atoms with Crippen molar-refractivity contribution in [1.82, 2.24) is 25.4 Å². The molecule has 13 heteroatoms. The topological polar surface area (TPSA) is 152 Å². The van der Waals surface area contributed by atoms with E-state index in [9.17, 15) is 18.0 Å². The Bertz CT molecular complexity index is 766. The van der Waals surface area contributed by atoms with Crippen molar-refractivity contribution < 1.29 is 31.7 Å². The third-order valence-corrected chi connectivity index (χ3v) is 4.34. The molecule has 0 spiro atoms. The molecule has 0 bridgehead atoms. The van der Waals surface area contributed by atoms with Gasteiger partial charge >= 0.3 is 16.4 Å². The second-order valence-corrected chi connectivity index (χ2v) is 6.87. The monoisotopic (exact) mass is 405 g/mol. The van der Waals surface area contributed by atoms with E-state index >= 15 is 0 Å². The Labute approximate surface area is 156 Å². The van der Waals surface area contributed by atoms with Gasteiger partial charge in [0.25, 0.3) is 5.91 Å². The lowest BCUT2D eigenvalue weighted by molar-refractivity contribution is -0.144. The van der Waals surface area contributed by atoms with Crippen molar-refractivity contribution in [3.63, 3.8) is 0 Å². The number of amides is 3. The van der Waals surface area contributed by atoms with E-state index < -0.39 is 34.5 Å². The van der Waals surface area contributed by atoms with Gasteiger partial charge < -0.3 is 9.47 Å². The van der Waals surface area contributed by atoms with Gasteiger partial charge in [-0.25, -0.2) is 15.3 Å². The van der Waals surface area contributed by atoms with Crippen LogP contribution in [0.3, 0.4) is 0 Å². The molecule has 1 unspecified atom stereocenters. The number of hydrogen-bond donors (Lipinski definition) is 3. The van der Waals surface area contributed by atoms with Crippen molar-refractivity contribution in [2.75, 3.05) is 6.54 Å². The first kappa shape index (κ1) is 21.1. The van der Waals surface area contributed by atoms with E-state index in [0.717, 1.165) is 11.4 Å². The van der Waals surface area contributed by atoms with Gasteiger partial charge in [0.15, 0.2) is 0 Å². The van der Waals surface area contributed by atoms with Gasteiger partial charge in [-0.1, -0.05) is 13.3 Å². The smallest absolute Gasteiger partial charge is 0.333 e. The highest BCUT2D eigenvalue weighted by atomic mass is 32.3. The minimum absolute atomic E-state index is 0.0899. The number of imidazole rings is 1. The molecule has 1 aliphatic rings. The van der Waals surface area contributed by atoms with Gasteiger partial charge in [0.1, 0.15) is 18.0 Å². The summed E-state index contributed by atoms with van der Waals surface area (Å²) in [5.74, 6) is 0.139. The van der Waals surface area contributed by atoms with Crippen LogP contribution in [0.25, 0.3) is 0 Å². The van der Waals surface area contributed by atoms with Gasteiger partial charge in [-0.15, -0.1) is 4.28 Å². The van der Waals surface area contributed by atoms with E-state index in [1.165, 1.54) is 0 Å². The molecule has 27 heavy (non-hydrogen) atoms. The normalized spacial score (nSPS) is 17.2. The molecule has 0 saturated heterocycles. The van der Waals surface area contributed by atoms with E-state index in [1.54, 1.807) is 18.6 Å². The fraction of sp³-hybridized carbons (Fsp3) is 0.643. The van der Waals surface area contributed by atoms with E-state index in [1.807, 2.05) is 17.7 Å². The highest BCUT2D eigenvalue weighted by Crippen LogP contribution is 2.26. The van der Waals surface area contributed by atoms with Crippen molar-refractivity contribution in [1.29, 1.82) is 0 Å². The molecule has 2 atom stereocenters. The Morgan fingerprint density at radius 2 is 2.19 bits per heavy atom. The van der Waals surface area contributed by atoms with Crippen LogP contribution in [0.4, 0.5) is 4.79 Å². The lowest BCUT2D eigenvalue weighted by Gasteiger charge is -2.29. The number of hydrogen-bond acceptors (Lipinski definition) is 7. The fourth-order valence-electron chi connectivity index (χ4n) is 2.85. The van der Waals surface area contributed by atoms with E-state index in [0.29, 0.717) is 25.1 Å². The Kier molecular flexibility index (Phi) is 7.12. The fourth-order valence-corrected chi connectivity index (χ4v) is 3.02. The number of likely N-dealkylation sites (N-methyl/N-ethyl adjacent to an activating group) is 1. The molecule has 1 aliphatic heterocycles. The van der Waals surface area contributed by atoms with Crippen molar-refractivity contribution in [3.05, 3.63) is 18.2 Å². The molecule has 2 heterocycles. The summed E-state index contributed by atoms with van der Waals surface area (Å²) in [6.07, 6.45) is 4.61. The van der Waals surface area contributed by atoms with Crippen LogP contribution >= 0.6 is 0 Å². The van der Waals surface area contributed by atoms with Crippen LogP contribution in [-0.2, 0) is 30.9 Å². The third-order valence-electron chi connectivity index (χ3n) is 4.05. The highest BCUT2D eigenvalue weighted by molar-refractivity contribution is 7.80. The Hall–Kier alpha value is -2.22. The number of carbonyl (C=O) groups excluding carboxylic acids is 2. The maximum atomic E-state index is 12.6. The second kappa shape index (κ2) is 9.12. The van der Waals surface area contributed by atoms with Gasteiger partial charge in [0.2, 0.25) is 0 Å². The Morgan fingerprint density at radius 1 is 1.44 bits per heavy atom. The largest absolute Gasteiger partial charge is 0.418 e. The second-order valence-electron chi connectivity index (χ2n) is 5.85. The number of fused-ring (bicyclic) bond motifs is 1. The summed E-state index contributed by atoms with van der Waals surface area (Å²) in [7, 11) is -4.86. The number of nitrogens with one attached hydrogen (secondary N) is 2. The maximum Gasteiger partial charge on any atom is 0.418 e. The number of nitrogens with zero attached hydrogens (tertiary/aromatic N) is 3. The summed E-state index contributed by atoms with van der Waals surface area (Å²) in [4.78, 5) is 35.4. The number of hydroxylamine groups is 2. The summed E-state index contributed by atoms with van der Waals surface area (Å²) < 4.78 is 35.5. The lowest BCUT2D eigenvalue weighted by atomic mass is 10.1. The zero-order valence-electron chi connectivity index (χ0n) is 15.0. The summed E-state index contributed by atoms with van der Waals surface area (Å²) in [6, 6.07) is -1.91. The van der Waals surface area contributed by atoms with Crippen LogP contribution < -0.4 is 11.0 Å². The molecule has 3 amide bonds. The van der Waals surface area contributed by atoms with E-state index in [2.05, 4.69) is 14.7 Å². The van der Waals surface area contributed by atoms with Crippen LogP contribution in [0.15, 0.2) is 12.4 Å². The molecule has 2 rings (SSSR count). The molecule has 1 aromatic heterocycles. The molecule has 0 aromatic carbocycles. The van der Waals surface area contributed by atoms with Gasteiger partial charge in [-0.3, -0.25) is 14.2 Å². The number of aromatic nitrogens is 2. The molecule has 0 saturated carbocycles. The number of aryl methyl sites for hydroxylation is 1. The molecule has 0 aliphatic carbocycles. The maximum absolute atomic E-state index is 12.6. The minimum atomic E-state index is -4.86. The lowest BCUT2D eigenvalue weighted by Crippen LogP contribution is -2.53. The van der Waals surface area contributed by atoms with Crippen molar-refractivity contribution in [2.45, 2.75) is 51.8 Å². The summed E-state index contributed by atoms with van der Waals surface area (Å²) in [5.41, 5.74) is 3.95. The predicted octanol–water partition coefficient (Wildman–Crippen LogP) is 0.310. The van der Waals surface area contributed by atoms with Gasteiger partial charge in [-0.2, -0.15) is 13.9 Å². The van der Waals surface area contributed by atoms with Crippen molar-refractivity contribution in [2.24, 2.45) is 0 Å². The molecule has 0 fully saturated rings. The van der Waals surface area contributed by atoms with Gasteiger partial charge in [-0.05, 0) is 13.3 Å². The van der Waals surface area contributed by atoms with Gasteiger partial charge in [0, 0.05) is 31.9 Å². The van der Waals surface area contributed by atoms with Crippen LogP contribution in [0.1, 0.15) is 45.0 Å². The first-order valence-electron chi connectivity index (χ1n) is 8.45. The standard InChI is InChI=1S/C14H23N5O7S/c1-3-5-10(19(4-2)14(21)17-26-27(22,23)24)13(20)16-25-11-6-8-18-9-7-15-12(11)18/h7,9-11H,3-6,8H2,1-2H3,(H,16,20)(H,17,21)(H,22,23,24)/t10-,11?/m0/s1. The van der Waals surface area contributed by atoms with Crippen LogP contribution in [0.2, 0.25) is 0 Å². The SMILES string of the molecule is CCC[C@@H](C(=O)NOC1CCn2ccnc21)N(CC)C(=O)NOS(=O)(=O)O. The van der Waals surface area contributed by atoms with E-state index in [4.69, 9.17) is 9.39 Å². The summed E-state index contributed by atoms with van der Waals surface area (Å²) >= 11 is 0. The highest BCUT2D eigenvalue weighted by Gasteiger charge is 2.31. The first-order chi connectivity index (χ1) is 12.8. The third kappa shape index (κ3) is 5.63. The number of carbonyl (C=O) groups is 2. The Morgan fingerprint density at radius 3 is 2.81 bits per heavy atom. The minimum Gasteiger partial charge on any atom is -0.333 e. The molecule has 12 nitrogen and oxygen atoms in total. The zero-order chi connectivity index (χ0) is 20.0. The van der Waals surface area contributed by atoms with Crippen LogP contribution in [0, 0.1) is 0 Å². The number of rotatable bonds is 9. The van der Waals surface area contributed by atoms with Crippen LogP contribution in [-0.4, -0.2) is 51.9 Å². The predicted molar refractivity (Wildman–Crippen MR) is 91.1 cm³/mol. The average molecular weight is 405 g/mol. The van der Waals surface area contributed by atoms with Gasteiger partial charge in [0.05, 0.1) is 0 Å². The molecule has 0 radical (unpaired) electrons. The van der Waals surface area contributed by atoms with E-state index in [-0.39, 0.29) is 6.54 Å². The molecule has 1 aromatic rings. The molecular formula is C14H23N5O7S. The summed E-state index contributed by atoms with van der Waals surface area (Å²) in [6.45, 7) is 4.25. The quantitative estimate of drug-likeness (QED) is 0.392. The number of urea groups is 1. The molecule has 3 N–H and O–H groups in total. The zero-order valence-corrected chi connectivity index (χ0v) is 15.8. The summed E-state index contributed by atoms with van der Waals surface area (Å²) in [5, 5.41) is 0. The Balaban J connectivity index is 1.98. The van der Waals surface area contributed by atoms with Crippen molar-refractivity contribution in [3.8, 4) is 0 Å². The van der Waals surface area contributed by atoms with Crippen molar-refractivity contribution >= 4 is 22.3 Å².